The van der Waals surface area contributed by atoms with Gasteiger partial charge in [0.1, 0.15) is 17.6 Å². The number of likely N-dealkylation sites (tertiary alicyclic amines) is 1. The van der Waals surface area contributed by atoms with Gasteiger partial charge in [0.05, 0.1) is 18.8 Å². The van der Waals surface area contributed by atoms with Crippen molar-refractivity contribution in [3.63, 3.8) is 0 Å². The molecular formula is C26H27FN4O4. The second-order valence-electron chi connectivity index (χ2n) is 9.10. The molecule has 2 aliphatic heterocycles. The fourth-order valence-corrected chi connectivity index (χ4v) is 4.86. The van der Waals surface area contributed by atoms with Crippen LogP contribution in [-0.2, 0) is 9.53 Å². The van der Waals surface area contributed by atoms with E-state index in [1.165, 1.54) is 17.9 Å². The maximum Gasteiger partial charge on any atom is 0.414 e. The van der Waals surface area contributed by atoms with Crippen LogP contribution in [0.15, 0.2) is 48.5 Å². The fourth-order valence-electron chi connectivity index (χ4n) is 4.86. The van der Waals surface area contributed by atoms with Gasteiger partial charge < -0.3 is 19.9 Å². The predicted molar refractivity (Wildman–Crippen MR) is 129 cm³/mol. The van der Waals surface area contributed by atoms with Crippen LogP contribution < -0.4 is 10.2 Å². The predicted octanol–water partition coefficient (Wildman–Crippen LogP) is 3.79. The van der Waals surface area contributed by atoms with Gasteiger partial charge in [-0.2, -0.15) is 0 Å². The maximum absolute atomic E-state index is 15.1. The third kappa shape index (κ3) is 4.71. The zero-order valence-electron chi connectivity index (χ0n) is 19.4. The van der Waals surface area contributed by atoms with Gasteiger partial charge in [-0.05, 0) is 48.6 Å². The maximum atomic E-state index is 15.1. The molecule has 0 saturated carbocycles. The lowest BCUT2D eigenvalue weighted by Gasteiger charge is -2.32. The van der Waals surface area contributed by atoms with Crippen LogP contribution in [0.4, 0.5) is 14.9 Å². The van der Waals surface area contributed by atoms with E-state index in [0.29, 0.717) is 42.9 Å². The number of H-pyrrole nitrogens is 1. The zero-order chi connectivity index (χ0) is 24.5. The van der Waals surface area contributed by atoms with Gasteiger partial charge in [0.2, 0.25) is 5.91 Å². The highest BCUT2D eigenvalue weighted by Gasteiger charge is 2.33. The molecule has 0 bridgehead atoms. The van der Waals surface area contributed by atoms with Gasteiger partial charge in [0.25, 0.3) is 5.91 Å². The SMILES string of the molecule is CC(=O)NC[C@H]1CN(c2ccc(C3CCN(C(=O)c4cc5ccccc5[nH]4)CC3)c(F)c2)C(=O)O1. The lowest BCUT2D eigenvalue weighted by Crippen LogP contribution is -2.38. The lowest BCUT2D eigenvalue weighted by atomic mass is 9.88. The number of anilines is 1. The molecule has 0 aliphatic carbocycles. The number of carbonyl (C=O) groups is 3. The van der Waals surface area contributed by atoms with Crippen molar-refractivity contribution in [2.45, 2.75) is 31.8 Å². The second kappa shape index (κ2) is 9.40. The van der Waals surface area contributed by atoms with E-state index in [9.17, 15) is 14.4 Å². The zero-order valence-corrected chi connectivity index (χ0v) is 19.4. The first-order valence-electron chi connectivity index (χ1n) is 11.8. The first-order chi connectivity index (χ1) is 16.9. The Hall–Kier alpha value is -3.88. The molecular weight excluding hydrogens is 451 g/mol. The van der Waals surface area contributed by atoms with E-state index in [0.717, 1.165) is 10.9 Å². The van der Waals surface area contributed by atoms with Crippen molar-refractivity contribution in [2.75, 3.05) is 31.1 Å². The Bertz CT molecular complexity index is 1250. The van der Waals surface area contributed by atoms with Crippen molar-refractivity contribution in [3.8, 4) is 0 Å². The Balaban J connectivity index is 1.21. The fraction of sp³-hybridized carbons (Fsp3) is 0.346. The van der Waals surface area contributed by atoms with E-state index in [1.807, 2.05) is 35.2 Å². The van der Waals surface area contributed by atoms with Crippen LogP contribution in [0.25, 0.3) is 10.9 Å². The molecule has 2 N–H and O–H groups in total. The Labute approximate surface area is 202 Å². The summed E-state index contributed by atoms with van der Waals surface area (Å²) in [5.41, 5.74) is 2.51. The highest BCUT2D eigenvalue weighted by molar-refractivity contribution is 5.98. The summed E-state index contributed by atoms with van der Waals surface area (Å²) in [6.07, 6.45) is 0.282. The molecule has 3 aromatic rings. The number of nitrogens with one attached hydrogen (secondary N) is 2. The van der Waals surface area contributed by atoms with Crippen LogP contribution >= 0.6 is 0 Å². The van der Waals surface area contributed by atoms with Crippen molar-refractivity contribution >= 4 is 34.5 Å². The number of carbonyl (C=O) groups excluding carboxylic acids is 3. The average molecular weight is 479 g/mol. The normalized spacial score (nSPS) is 18.7. The summed E-state index contributed by atoms with van der Waals surface area (Å²) >= 11 is 0. The summed E-state index contributed by atoms with van der Waals surface area (Å²) in [6.45, 7) is 2.94. The van der Waals surface area contributed by atoms with Crippen LogP contribution in [0.2, 0.25) is 0 Å². The van der Waals surface area contributed by atoms with Crippen molar-refractivity contribution < 1.29 is 23.5 Å². The number of cyclic esters (lactones) is 1. The number of halogens is 1. The molecule has 8 nitrogen and oxygen atoms in total. The average Bonchev–Trinajstić information content (AvgIpc) is 3.46. The van der Waals surface area contributed by atoms with E-state index in [4.69, 9.17) is 4.74 Å². The Morgan fingerprint density at radius 2 is 1.91 bits per heavy atom. The van der Waals surface area contributed by atoms with Gasteiger partial charge in [-0.15, -0.1) is 0 Å². The molecule has 1 aromatic heterocycles. The van der Waals surface area contributed by atoms with E-state index in [1.54, 1.807) is 12.1 Å². The standard InChI is InChI=1S/C26H27FN4O4/c1-16(32)28-14-20-15-31(26(34)35-20)19-6-7-21(22(27)13-19)17-8-10-30(11-9-17)25(33)24-12-18-4-2-3-5-23(18)29-24/h2-7,12-13,17,20,29H,8-11,14-15H2,1H3,(H,28,32)/t20-/m0/s1. The lowest BCUT2D eigenvalue weighted by molar-refractivity contribution is -0.119. The van der Waals surface area contributed by atoms with Gasteiger partial charge >= 0.3 is 6.09 Å². The number of piperidine rings is 1. The van der Waals surface area contributed by atoms with Crippen molar-refractivity contribution in [3.05, 3.63) is 65.6 Å². The number of aromatic nitrogens is 1. The van der Waals surface area contributed by atoms with Gasteiger partial charge in [-0.3, -0.25) is 14.5 Å². The van der Waals surface area contributed by atoms with Crippen molar-refractivity contribution in [1.82, 2.24) is 15.2 Å². The molecule has 0 radical (unpaired) electrons. The number of para-hydroxylation sites is 1. The van der Waals surface area contributed by atoms with E-state index in [2.05, 4.69) is 10.3 Å². The molecule has 35 heavy (non-hydrogen) atoms. The minimum Gasteiger partial charge on any atom is -0.442 e. The van der Waals surface area contributed by atoms with Gasteiger partial charge in [0, 0.05) is 30.9 Å². The number of hydrogen-bond acceptors (Lipinski definition) is 4. The monoisotopic (exact) mass is 478 g/mol. The molecule has 2 aliphatic rings. The summed E-state index contributed by atoms with van der Waals surface area (Å²) in [6, 6.07) is 14.4. The highest BCUT2D eigenvalue weighted by atomic mass is 19.1. The summed E-state index contributed by atoms with van der Waals surface area (Å²) in [4.78, 5) is 42.7. The molecule has 2 fully saturated rings. The molecule has 3 amide bonds. The Morgan fingerprint density at radius 3 is 2.63 bits per heavy atom. The third-order valence-corrected chi connectivity index (χ3v) is 6.73. The third-order valence-electron chi connectivity index (χ3n) is 6.73. The topological polar surface area (TPSA) is 94.7 Å². The van der Waals surface area contributed by atoms with Crippen molar-refractivity contribution in [2.24, 2.45) is 0 Å². The molecule has 5 rings (SSSR count). The van der Waals surface area contributed by atoms with Crippen LogP contribution in [-0.4, -0.2) is 60.1 Å². The molecule has 2 saturated heterocycles. The Morgan fingerprint density at radius 1 is 1.14 bits per heavy atom. The van der Waals surface area contributed by atoms with E-state index >= 15 is 4.39 Å². The smallest absolute Gasteiger partial charge is 0.414 e. The number of nitrogens with zero attached hydrogens (tertiary/aromatic N) is 2. The quantitative estimate of drug-likeness (QED) is 0.583. The number of rotatable bonds is 5. The summed E-state index contributed by atoms with van der Waals surface area (Å²) in [5, 5.41) is 3.62. The molecule has 182 valence electrons. The summed E-state index contributed by atoms with van der Waals surface area (Å²) in [7, 11) is 0. The van der Waals surface area contributed by atoms with Gasteiger partial charge in [0.15, 0.2) is 0 Å². The first kappa shape index (κ1) is 22.9. The minimum atomic E-state index is -0.559. The summed E-state index contributed by atoms with van der Waals surface area (Å²) in [5.74, 6) is -0.629. The molecule has 9 heteroatoms. The van der Waals surface area contributed by atoms with E-state index in [-0.39, 0.29) is 36.6 Å². The van der Waals surface area contributed by atoms with E-state index < -0.39 is 12.2 Å². The van der Waals surface area contributed by atoms with Crippen LogP contribution in [0.5, 0.6) is 0 Å². The number of benzene rings is 2. The molecule has 3 heterocycles. The number of hydrogen-bond donors (Lipinski definition) is 2. The summed E-state index contributed by atoms with van der Waals surface area (Å²) < 4.78 is 20.3. The molecule has 0 spiro atoms. The number of amides is 3. The Kier molecular flexibility index (Phi) is 6.15. The minimum absolute atomic E-state index is 0.00569. The van der Waals surface area contributed by atoms with Crippen molar-refractivity contribution in [1.29, 1.82) is 0 Å². The van der Waals surface area contributed by atoms with Crippen LogP contribution in [0, 0.1) is 5.82 Å². The largest absolute Gasteiger partial charge is 0.442 e. The van der Waals surface area contributed by atoms with Crippen LogP contribution in [0.3, 0.4) is 0 Å². The molecule has 0 unspecified atom stereocenters. The first-order valence-corrected chi connectivity index (χ1v) is 11.8. The van der Waals surface area contributed by atoms with Gasteiger partial charge in [-0.1, -0.05) is 24.3 Å². The van der Waals surface area contributed by atoms with Crippen LogP contribution in [0.1, 0.15) is 41.7 Å². The number of aromatic amines is 1. The molecule has 2 aromatic carbocycles. The number of ether oxygens (including phenoxy) is 1. The highest BCUT2D eigenvalue weighted by Crippen LogP contribution is 2.33. The number of fused-ring (bicyclic) bond motifs is 1. The van der Waals surface area contributed by atoms with Gasteiger partial charge in [-0.25, -0.2) is 9.18 Å². The molecule has 1 atom stereocenters. The second-order valence-corrected chi connectivity index (χ2v) is 9.10.